The predicted molar refractivity (Wildman–Crippen MR) is 163 cm³/mol. The summed E-state index contributed by atoms with van der Waals surface area (Å²) in [4.78, 5) is 22.8. The summed E-state index contributed by atoms with van der Waals surface area (Å²) in [7, 11) is 0. The van der Waals surface area contributed by atoms with Crippen LogP contribution in [0, 0.1) is 0 Å². The van der Waals surface area contributed by atoms with Crippen molar-refractivity contribution >= 4 is 23.6 Å². The number of aliphatic carboxylic acids is 1. The summed E-state index contributed by atoms with van der Waals surface area (Å²) in [5, 5.41) is 30.3. The van der Waals surface area contributed by atoms with E-state index in [0.717, 1.165) is 39.1 Å². The standard InChI is InChI=1S/C33H39NO7S/c35-16-17-42-22-29-19-30(26-10-8-23(21-36)9-11-26)41-33(40-29)27-14-12-25(13-15-27)28-5-3-4-24(18-28)20-34-31(37)6-1-2-7-32(38)39/h3-5,8-15,18,29-30,33,35-36H,1-2,6-7,16-17,19-22H2,(H,34,37)(H,38,39)/t29-,30+,33+/m0/s1. The summed E-state index contributed by atoms with van der Waals surface area (Å²) in [5.41, 5.74) is 5.85. The largest absolute Gasteiger partial charge is 0.481 e. The van der Waals surface area contributed by atoms with E-state index in [2.05, 4.69) is 5.32 Å². The fourth-order valence-corrected chi connectivity index (χ4v) is 5.62. The van der Waals surface area contributed by atoms with Crippen LogP contribution < -0.4 is 5.32 Å². The number of rotatable bonds is 15. The molecule has 42 heavy (non-hydrogen) atoms. The zero-order valence-electron chi connectivity index (χ0n) is 23.6. The first-order valence-electron chi connectivity index (χ1n) is 14.3. The first-order valence-corrected chi connectivity index (χ1v) is 15.5. The lowest BCUT2D eigenvalue weighted by Crippen LogP contribution is -2.31. The average molecular weight is 594 g/mol. The Morgan fingerprint density at radius 3 is 2.31 bits per heavy atom. The number of ether oxygens (including phenoxy) is 2. The van der Waals surface area contributed by atoms with Crippen molar-refractivity contribution in [2.45, 2.75) is 63.8 Å². The Morgan fingerprint density at radius 2 is 1.60 bits per heavy atom. The Balaban J connectivity index is 1.39. The zero-order chi connectivity index (χ0) is 29.7. The second kappa shape index (κ2) is 16.4. The van der Waals surface area contributed by atoms with Gasteiger partial charge in [0.2, 0.25) is 5.91 Å². The Labute approximate surface area is 251 Å². The number of hydrogen-bond acceptors (Lipinski definition) is 7. The van der Waals surface area contributed by atoms with Gasteiger partial charge in [0.25, 0.3) is 0 Å². The fraction of sp³-hybridized carbons (Fsp3) is 0.394. The molecule has 9 heteroatoms. The minimum atomic E-state index is -0.842. The van der Waals surface area contributed by atoms with Crippen LogP contribution in [-0.2, 0) is 32.2 Å². The monoisotopic (exact) mass is 593 g/mol. The quantitative estimate of drug-likeness (QED) is 0.173. The lowest BCUT2D eigenvalue weighted by Gasteiger charge is -2.36. The molecular formula is C33H39NO7S. The summed E-state index contributed by atoms with van der Waals surface area (Å²) in [6, 6.07) is 23.9. The van der Waals surface area contributed by atoms with E-state index in [9.17, 15) is 19.8 Å². The number of carboxylic acids is 1. The van der Waals surface area contributed by atoms with E-state index in [-0.39, 0.29) is 37.7 Å². The van der Waals surface area contributed by atoms with E-state index in [1.165, 1.54) is 0 Å². The Morgan fingerprint density at radius 1 is 0.857 bits per heavy atom. The number of aliphatic hydroxyl groups is 2. The van der Waals surface area contributed by atoms with Crippen LogP contribution in [0.25, 0.3) is 11.1 Å². The van der Waals surface area contributed by atoms with Crippen molar-refractivity contribution in [2.24, 2.45) is 0 Å². The minimum Gasteiger partial charge on any atom is -0.481 e. The van der Waals surface area contributed by atoms with Crippen LogP contribution >= 0.6 is 11.8 Å². The third kappa shape index (κ3) is 9.68. The molecule has 4 rings (SSSR count). The second-order valence-electron chi connectivity index (χ2n) is 10.3. The van der Waals surface area contributed by atoms with Gasteiger partial charge in [-0.25, -0.2) is 0 Å². The van der Waals surface area contributed by atoms with Gasteiger partial charge in [-0.15, -0.1) is 0 Å². The van der Waals surface area contributed by atoms with Gasteiger partial charge in [0.05, 0.1) is 25.4 Å². The van der Waals surface area contributed by atoms with E-state index in [0.29, 0.717) is 38.0 Å². The molecule has 1 aliphatic rings. The number of hydrogen-bond donors (Lipinski definition) is 4. The van der Waals surface area contributed by atoms with E-state index in [1.807, 2.05) is 72.8 Å². The minimum absolute atomic E-state index is 0.00194. The van der Waals surface area contributed by atoms with Crippen LogP contribution in [0.2, 0.25) is 0 Å². The van der Waals surface area contributed by atoms with Crippen LogP contribution in [0.5, 0.6) is 0 Å². The Kier molecular flexibility index (Phi) is 12.4. The maximum absolute atomic E-state index is 12.1. The number of benzene rings is 3. The molecule has 3 atom stereocenters. The highest BCUT2D eigenvalue weighted by Crippen LogP contribution is 2.39. The Bertz CT molecular complexity index is 1280. The van der Waals surface area contributed by atoms with Gasteiger partial charge in [-0.1, -0.05) is 66.7 Å². The number of thioether (sulfide) groups is 1. The smallest absolute Gasteiger partial charge is 0.303 e. The van der Waals surface area contributed by atoms with E-state index >= 15 is 0 Å². The van der Waals surface area contributed by atoms with Gasteiger partial charge in [0.15, 0.2) is 6.29 Å². The van der Waals surface area contributed by atoms with Gasteiger partial charge in [-0.05, 0) is 46.7 Å². The maximum Gasteiger partial charge on any atom is 0.303 e. The first-order chi connectivity index (χ1) is 20.4. The van der Waals surface area contributed by atoms with Crippen molar-refractivity contribution in [2.75, 3.05) is 18.1 Å². The highest BCUT2D eigenvalue weighted by Gasteiger charge is 2.32. The number of carbonyl (C=O) groups excluding carboxylic acids is 1. The molecule has 3 aromatic rings. The molecule has 0 bridgehead atoms. The van der Waals surface area contributed by atoms with Crippen LogP contribution in [-0.4, -0.2) is 51.4 Å². The highest BCUT2D eigenvalue weighted by molar-refractivity contribution is 7.99. The molecular weight excluding hydrogens is 554 g/mol. The van der Waals surface area contributed by atoms with E-state index in [1.54, 1.807) is 11.8 Å². The van der Waals surface area contributed by atoms with E-state index < -0.39 is 12.3 Å². The van der Waals surface area contributed by atoms with Crippen molar-refractivity contribution in [1.29, 1.82) is 0 Å². The van der Waals surface area contributed by atoms with Crippen molar-refractivity contribution in [3.63, 3.8) is 0 Å². The van der Waals surface area contributed by atoms with Gasteiger partial charge < -0.3 is 30.1 Å². The van der Waals surface area contributed by atoms with Gasteiger partial charge >= 0.3 is 5.97 Å². The highest BCUT2D eigenvalue weighted by atomic mass is 32.2. The number of carboxylic acid groups (broad SMARTS) is 1. The topological polar surface area (TPSA) is 125 Å². The van der Waals surface area contributed by atoms with Gasteiger partial charge in [-0.2, -0.15) is 11.8 Å². The number of aliphatic hydroxyl groups excluding tert-OH is 2. The Hall–Kier alpha value is -3.21. The molecule has 3 aromatic carbocycles. The normalized spacial score (nSPS) is 18.5. The van der Waals surface area contributed by atoms with Crippen molar-refractivity contribution < 1.29 is 34.4 Å². The molecule has 1 amide bonds. The molecule has 4 N–H and O–H groups in total. The number of nitrogens with one attached hydrogen (secondary N) is 1. The zero-order valence-corrected chi connectivity index (χ0v) is 24.4. The maximum atomic E-state index is 12.1. The van der Waals surface area contributed by atoms with Crippen LogP contribution in [0.4, 0.5) is 0 Å². The third-order valence-corrected chi connectivity index (χ3v) is 8.21. The first kappa shape index (κ1) is 31.7. The molecule has 8 nitrogen and oxygen atoms in total. The molecule has 0 aliphatic carbocycles. The van der Waals surface area contributed by atoms with Crippen LogP contribution in [0.3, 0.4) is 0 Å². The summed E-state index contributed by atoms with van der Waals surface area (Å²) in [5.74, 6) is 0.491. The summed E-state index contributed by atoms with van der Waals surface area (Å²) >= 11 is 1.66. The van der Waals surface area contributed by atoms with Crippen molar-refractivity contribution in [1.82, 2.24) is 5.32 Å². The molecule has 0 radical (unpaired) electrons. The molecule has 0 spiro atoms. The molecule has 1 aliphatic heterocycles. The van der Waals surface area contributed by atoms with Crippen LogP contribution in [0.1, 0.15) is 66.8 Å². The summed E-state index contributed by atoms with van der Waals surface area (Å²) in [6.07, 6.45) is 1.42. The lowest BCUT2D eigenvalue weighted by atomic mass is 9.99. The molecule has 1 heterocycles. The molecule has 1 saturated heterocycles. The van der Waals surface area contributed by atoms with Crippen molar-refractivity contribution in [3.05, 3.63) is 95.1 Å². The molecule has 0 aromatic heterocycles. The van der Waals surface area contributed by atoms with Gasteiger partial charge in [0, 0.05) is 42.9 Å². The van der Waals surface area contributed by atoms with Crippen LogP contribution in [0.15, 0.2) is 72.8 Å². The molecule has 0 saturated carbocycles. The summed E-state index contributed by atoms with van der Waals surface area (Å²) < 4.78 is 12.8. The van der Waals surface area contributed by atoms with Crippen molar-refractivity contribution in [3.8, 4) is 11.1 Å². The fourth-order valence-electron chi connectivity index (χ4n) is 4.85. The second-order valence-corrected chi connectivity index (χ2v) is 11.5. The van der Waals surface area contributed by atoms with Gasteiger partial charge in [-0.3, -0.25) is 9.59 Å². The molecule has 1 fully saturated rings. The van der Waals surface area contributed by atoms with E-state index in [4.69, 9.17) is 14.6 Å². The number of unbranched alkanes of at least 4 members (excludes halogenated alkanes) is 1. The SMILES string of the molecule is O=C(O)CCCCC(=O)NCc1cccc(-c2ccc([C@@H]3O[C@H](CSCCO)C[C@H](c4ccc(CO)cc4)O3)cc2)c1. The number of carbonyl (C=O) groups is 2. The predicted octanol–water partition coefficient (Wildman–Crippen LogP) is 5.38. The molecule has 224 valence electrons. The molecule has 0 unspecified atom stereocenters. The lowest BCUT2D eigenvalue weighted by molar-refractivity contribution is -0.245. The third-order valence-electron chi connectivity index (χ3n) is 7.13. The average Bonchev–Trinajstić information content (AvgIpc) is 3.02. The van der Waals surface area contributed by atoms with Gasteiger partial charge in [0.1, 0.15) is 0 Å². The summed E-state index contributed by atoms with van der Waals surface area (Å²) in [6.45, 7) is 0.537. The number of amides is 1.